The van der Waals surface area contributed by atoms with Crippen LogP contribution in [0.3, 0.4) is 0 Å². The molecule has 0 aliphatic carbocycles. The Bertz CT molecular complexity index is 1460. The molecule has 1 atom stereocenters. The molecular formula is C32H33N3O3. The summed E-state index contributed by atoms with van der Waals surface area (Å²) in [6.07, 6.45) is 3.75. The highest BCUT2D eigenvalue weighted by Crippen LogP contribution is 2.42. The molecular weight excluding hydrogens is 474 g/mol. The second-order valence-corrected chi connectivity index (χ2v) is 9.65. The van der Waals surface area contributed by atoms with Crippen molar-refractivity contribution in [1.82, 2.24) is 9.47 Å². The van der Waals surface area contributed by atoms with Crippen molar-refractivity contribution >= 4 is 17.5 Å². The Morgan fingerprint density at radius 1 is 0.921 bits per heavy atom. The van der Waals surface area contributed by atoms with Gasteiger partial charge in [-0.15, -0.1) is 0 Å². The van der Waals surface area contributed by atoms with E-state index in [4.69, 9.17) is 4.74 Å². The molecule has 0 fully saturated rings. The SMILES string of the molecule is CCCCN(CC(=O)N1c2ccccc2-n2cccc2C1c1cccc(C)c1)C(=O)c1ccccc1OC. The standard InChI is InChI=1S/C32H33N3O3/c1-4-5-19-33(32(37)25-14-6-9-18-29(25)38-3)22-30(36)35-27-16-8-7-15-26(27)34-20-11-17-28(34)31(35)24-13-10-12-23(2)21-24/h6-18,20-21,31H,4-5,19,22H2,1-3H3. The van der Waals surface area contributed by atoms with Crippen LogP contribution in [0.25, 0.3) is 5.69 Å². The van der Waals surface area contributed by atoms with Gasteiger partial charge in [-0.1, -0.05) is 67.4 Å². The first-order chi connectivity index (χ1) is 18.5. The maximum absolute atomic E-state index is 14.3. The van der Waals surface area contributed by atoms with Crippen molar-refractivity contribution in [3.05, 3.63) is 114 Å². The van der Waals surface area contributed by atoms with Crippen LogP contribution in [0.4, 0.5) is 5.69 Å². The number of para-hydroxylation sites is 3. The minimum atomic E-state index is -0.318. The number of hydrogen-bond donors (Lipinski definition) is 0. The molecule has 0 bridgehead atoms. The molecule has 0 radical (unpaired) electrons. The van der Waals surface area contributed by atoms with E-state index in [1.54, 1.807) is 24.1 Å². The monoisotopic (exact) mass is 507 g/mol. The number of aromatic nitrogens is 1. The predicted octanol–water partition coefficient (Wildman–Crippen LogP) is 6.17. The van der Waals surface area contributed by atoms with Gasteiger partial charge in [0.25, 0.3) is 5.91 Å². The van der Waals surface area contributed by atoms with E-state index in [9.17, 15) is 9.59 Å². The van der Waals surface area contributed by atoms with Crippen LogP contribution in [-0.2, 0) is 4.79 Å². The van der Waals surface area contributed by atoms with Gasteiger partial charge in [0.1, 0.15) is 18.3 Å². The smallest absolute Gasteiger partial charge is 0.258 e. The van der Waals surface area contributed by atoms with Gasteiger partial charge in [0.15, 0.2) is 0 Å². The van der Waals surface area contributed by atoms with Gasteiger partial charge in [0, 0.05) is 12.7 Å². The highest BCUT2D eigenvalue weighted by atomic mass is 16.5. The molecule has 2 amide bonds. The Balaban J connectivity index is 1.56. The van der Waals surface area contributed by atoms with E-state index in [2.05, 4.69) is 42.7 Å². The van der Waals surface area contributed by atoms with Gasteiger partial charge in [0.2, 0.25) is 5.91 Å². The van der Waals surface area contributed by atoms with Crippen LogP contribution in [0.1, 0.15) is 53.0 Å². The van der Waals surface area contributed by atoms with Crippen LogP contribution in [0.15, 0.2) is 91.1 Å². The minimum Gasteiger partial charge on any atom is -0.496 e. The van der Waals surface area contributed by atoms with E-state index < -0.39 is 0 Å². The zero-order chi connectivity index (χ0) is 26.6. The van der Waals surface area contributed by atoms with Gasteiger partial charge in [0.05, 0.1) is 29.7 Å². The van der Waals surface area contributed by atoms with Crippen molar-refractivity contribution in [2.75, 3.05) is 25.1 Å². The molecule has 3 aromatic carbocycles. The summed E-state index contributed by atoms with van der Waals surface area (Å²) in [7, 11) is 1.56. The summed E-state index contributed by atoms with van der Waals surface area (Å²) in [5.74, 6) is 0.172. The van der Waals surface area contributed by atoms with Crippen LogP contribution in [-0.4, -0.2) is 41.5 Å². The van der Waals surface area contributed by atoms with Crippen molar-refractivity contribution < 1.29 is 14.3 Å². The summed E-state index contributed by atoms with van der Waals surface area (Å²) in [5, 5.41) is 0. The fourth-order valence-corrected chi connectivity index (χ4v) is 5.25. The minimum absolute atomic E-state index is 0.0335. The summed E-state index contributed by atoms with van der Waals surface area (Å²) in [6, 6.07) is 27.2. The third-order valence-corrected chi connectivity index (χ3v) is 7.08. The van der Waals surface area contributed by atoms with Crippen LogP contribution < -0.4 is 9.64 Å². The lowest BCUT2D eigenvalue weighted by Crippen LogP contribution is -2.47. The molecule has 0 saturated carbocycles. The Morgan fingerprint density at radius 3 is 2.45 bits per heavy atom. The zero-order valence-electron chi connectivity index (χ0n) is 22.1. The molecule has 0 N–H and O–H groups in total. The number of fused-ring (bicyclic) bond motifs is 3. The number of methoxy groups -OCH3 is 1. The number of unbranched alkanes of at least 4 members (excludes halogenated alkanes) is 1. The quantitative estimate of drug-likeness (QED) is 0.286. The summed E-state index contributed by atoms with van der Waals surface area (Å²) in [5.41, 5.74) is 5.40. The Hall–Kier alpha value is -4.32. The van der Waals surface area contributed by atoms with Crippen LogP contribution in [0.5, 0.6) is 5.75 Å². The Kier molecular flexibility index (Phi) is 7.31. The number of benzene rings is 3. The molecule has 2 heterocycles. The van der Waals surface area contributed by atoms with E-state index in [0.29, 0.717) is 17.9 Å². The van der Waals surface area contributed by atoms with Crippen molar-refractivity contribution in [3.8, 4) is 11.4 Å². The molecule has 6 nitrogen and oxygen atoms in total. The number of nitrogens with zero attached hydrogens (tertiary/aromatic N) is 3. The lowest BCUT2D eigenvalue weighted by atomic mass is 9.96. The number of hydrogen-bond acceptors (Lipinski definition) is 3. The van der Waals surface area contributed by atoms with E-state index >= 15 is 0 Å². The van der Waals surface area contributed by atoms with Crippen molar-refractivity contribution in [2.24, 2.45) is 0 Å². The molecule has 1 aliphatic rings. The fraction of sp³-hybridized carbons (Fsp3) is 0.250. The maximum atomic E-state index is 14.3. The van der Waals surface area contributed by atoms with Gasteiger partial charge < -0.3 is 14.2 Å². The van der Waals surface area contributed by atoms with Crippen LogP contribution >= 0.6 is 0 Å². The second kappa shape index (κ2) is 11.0. The summed E-state index contributed by atoms with van der Waals surface area (Å²) in [6.45, 7) is 4.59. The number of carbonyl (C=O) groups excluding carboxylic acids is 2. The number of anilines is 1. The largest absolute Gasteiger partial charge is 0.496 e. The lowest BCUT2D eigenvalue weighted by molar-refractivity contribution is -0.119. The fourth-order valence-electron chi connectivity index (χ4n) is 5.25. The molecule has 4 aromatic rings. The summed E-state index contributed by atoms with van der Waals surface area (Å²) >= 11 is 0. The van der Waals surface area contributed by atoms with E-state index in [0.717, 1.165) is 41.0 Å². The number of carbonyl (C=O) groups is 2. The van der Waals surface area contributed by atoms with E-state index in [-0.39, 0.29) is 24.4 Å². The molecule has 5 rings (SSSR count). The normalized spacial score (nSPS) is 14.0. The average Bonchev–Trinajstić information content (AvgIpc) is 3.44. The Labute approximate surface area is 224 Å². The van der Waals surface area contributed by atoms with Crippen molar-refractivity contribution in [2.45, 2.75) is 32.7 Å². The number of amides is 2. The molecule has 0 saturated heterocycles. The molecule has 1 unspecified atom stereocenters. The first-order valence-electron chi connectivity index (χ1n) is 13.1. The zero-order valence-corrected chi connectivity index (χ0v) is 22.1. The predicted molar refractivity (Wildman–Crippen MR) is 150 cm³/mol. The maximum Gasteiger partial charge on any atom is 0.258 e. The molecule has 1 aromatic heterocycles. The van der Waals surface area contributed by atoms with Gasteiger partial charge in [-0.25, -0.2) is 0 Å². The van der Waals surface area contributed by atoms with Crippen molar-refractivity contribution in [1.29, 1.82) is 0 Å². The topological polar surface area (TPSA) is 54.8 Å². The highest BCUT2D eigenvalue weighted by Gasteiger charge is 2.37. The van der Waals surface area contributed by atoms with E-state index in [1.807, 2.05) is 59.6 Å². The lowest BCUT2D eigenvalue weighted by Gasteiger charge is -2.39. The third kappa shape index (κ3) is 4.70. The molecule has 1 aliphatic heterocycles. The first-order valence-corrected chi connectivity index (χ1v) is 13.1. The second-order valence-electron chi connectivity index (χ2n) is 9.65. The van der Waals surface area contributed by atoms with Gasteiger partial charge in [-0.3, -0.25) is 14.5 Å². The Morgan fingerprint density at radius 2 is 1.68 bits per heavy atom. The summed E-state index contributed by atoms with van der Waals surface area (Å²) < 4.78 is 7.61. The first kappa shape index (κ1) is 25.3. The van der Waals surface area contributed by atoms with Crippen molar-refractivity contribution in [3.63, 3.8) is 0 Å². The van der Waals surface area contributed by atoms with Crippen LogP contribution in [0, 0.1) is 6.92 Å². The molecule has 6 heteroatoms. The number of ether oxygens (including phenoxy) is 1. The van der Waals surface area contributed by atoms with Gasteiger partial charge in [-0.05, 0) is 55.3 Å². The average molecular weight is 508 g/mol. The van der Waals surface area contributed by atoms with E-state index in [1.165, 1.54) is 0 Å². The molecule has 38 heavy (non-hydrogen) atoms. The third-order valence-electron chi connectivity index (χ3n) is 7.08. The number of rotatable bonds is 8. The van der Waals surface area contributed by atoms with Gasteiger partial charge >= 0.3 is 0 Å². The van der Waals surface area contributed by atoms with Crippen LogP contribution in [0.2, 0.25) is 0 Å². The molecule has 0 spiro atoms. The number of aryl methyl sites for hydroxylation is 1. The summed E-state index contributed by atoms with van der Waals surface area (Å²) in [4.78, 5) is 31.6. The van der Waals surface area contributed by atoms with Gasteiger partial charge in [-0.2, -0.15) is 0 Å². The highest BCUT2D eigenvalue weighted by molar-refractivity contribution is 6.03. The molecule has 194 valence electrons.